The Kier molecular flexibility index (Phi) is 10.6. The van der Waals surface area contributed by atoms with Gasteiger partial charge in [0.05, 0.1) is 16.7 Å². The summed E-state index contributed by atoms with van der Waals surface area (Å²) in [5, 5.41) is 1.98. The number of pyridine rings is 1. The maximum absolute atomic E-state index is 9.00. The molecule has 14 rings (SSSR count). The van der Waals surface area contributed by atoms with Crippen LogP contribution < -0.4 is 9.30 Å². The van der Waals surface area contributed by atoms with Gasteiger partial charge >= 0.3 is 0 Å². The fourth-order valence-corrected chi connectivity index (χ4v) is 13.4. The summed E-state index contributed by atoms with van der Waals surface area (Å²) in [6.07, 6.45) is 7.51. The van der Waals surface area contributed by atoms with Crippen molar-refractivity contribution >= 4 is 32.8 Å². The molecule has 9 aromatic carbocycles. The number of rotatable bonds is 6. The van der Waals surface area contributed by atoms with E-state index in [2.05, 4.69) is 129 Å². The number of ether oxygens (including phenoxy) is 1. The van der Waals surface area contributed by atoms with E-state index in [4.69, 9.17) is 26.2 Å². The van der Waals surface area contributed by atoms with Crippen molar-refractivity contribution in [2.75, 3.05) is 0 Å². The number of aromatic nitrogens is 4. The Bertz CT molecular complexity index is 5180. The van der Waals surface area contributed by atoms with E-state index >= 15 is 0 Å². The maximum Gasteiger partial charge on any atom is 0.268 e. The van der Waals surface area contributed by atoms with E-state index in [0.29, 0.717) is 56.2 Å². The monoisotopic (exact) mass is 1310 g/mol. The average Bonchev–Trinajstić information content (AvgIpc) is 1.48. The third kappa shape index (κ3) is 9.30. The summed E-state index contributed by atoms with van der Waals surface area (Å²) in [5.74, 6) is 1.47. The molecule has 0 bridgehead atoms. The molecule has 0 amide bonds. The van der Waals surface area contributed by atoms with Gasteiger partial charge in [-0.1, -0.05) is 172 Å². The van der Waals surface area contributed by atoms with E-state index in [9.17, 15) is 0 Å². The van der Waals surface area contributed by atoms with Gasteiger partial charge < -0.3 is 13.9 Å². The first-order valence-electron chi connectivity index (χ1n) is 35.3. The second-order valence-electron chi connectivity index (χ2n) is 26.6. The summed E-state index contributed by atoms with van der Waals surface area (Å²) in [6.45, 7) is 10.9. The number of benzene rings is 9. The van der Waals surface area contributed by atoms with Crippen LogP contribution in [0.2, 0.25) is 0 Å². The average molecular weight is 1310 g/mol. The molecule has 12 aromatic rings. The van der Waals surface area contributed by atoms with Crippen LogP contribution in [0.15, 0.2) is 170 Å². The second-order valence-corrected chi connectivity index (χ2v) is 26.6. The van der Waals surface area contributed by atoms with Crippen molar-refractivity contribution in [1.82, 2.24) is 14.1 Å². The Labute approximate surface area is 539 Å². The normalized spacial score (nSPS) is 16.8. The van der Waals surface area contributed by atoms with Gasteiger partial charge in [-0.2, -0.15) is 18.2 Å². The molecule has 0 fully saturated rings. The zero-order chi connectivity index (χ0) is 69.2. The van der Waals surface area contributed by atoms with Gasteiger partial charge in [0.2, 0.25) is 0 Å². The van der Waals surface area contributed by atoms with Crippen LogP contribution in [0.1, 0.15) is 143 Å². The summed E-state index contributed by atoms with van der Waals surface area (Å²) < 4.78 is 121. The van der Waals surface area contributed by atoms with Crippen molar-refractivity contribution in [2.45, 2.75) is 131 Å². The third-order valence-electron chi connectivity index (χ3n) is 18.0. The summed E-state index contributed by atoms with van der Waals surface area (Å²) >= 11 is 0. The Morgan fingerprint density at radius 1 is 0.535 bits per heavy atom. The molecule has 0 atom stereocenters. The van der Waals surface area contributed by atoms with Crippen LogP contribution >= 0.6 is 0 Å². The summed E-state index contributed by atoms with van der Waals surface area (Å²) in [4.78, 5) is 4.89. The van der Waals surface area contributed by atoms with Gasteiger partial charge in [0.25, 0.3) is 6.33 Å². The van der Waals surface area contributed by atoms with Crippen LogP contribution in [0.25, 0.3) is 106 Å². The van der Waals surface area contributed by atoms with E-state index < -0.39 is 32.8 Å². The Hall–Kier alpha value is -8.11. The summed E-state index contributed by atoms with van der Waals surface area (Å²) in [5.41, 5.74) is 11.6. The molecule has 1 aliphatic heterocycles. The van der Waals surface area contributed by atoms with Crippen molar-refractivity contribution < 1.29 is 46.8 Å². The Balaban J connectivity index is 0.00000864. The number of hydrogen-bond acceptors (Lipinski definition) is 2. The molecule has 0 saturated carbocycles. The van der Waals surface area contributed by atoms with E-state index in [0.717, 1.165) is 79.4 Å². The molecule has 3 aromatic heterocycles. The minimum Gasteiger partial charge on any atom is -0.510 e. The smallest absolute Gasteiger partial charge is 0.268 e. The molecule has 2 aliphatic rings. The number of fused-ring (bicyclic) bond motifs is 11. The SMILES string of the molecule is [2H]C([2H])([2H])c1cccc(C([2H])([2H])[2H])c1-c1cc2c(c(C(C)(C)C)c1)-[n+]1[c-]n(-c3[c-]c(Oc4[c-]c5c(cc4)c4ccccc4n5-c4cc(C(C)(C)C)ccn4)ccc3)c3cc(-c4c(C([2H])([2H])[2H])cccc4C([2H])([2H])[2H])cc(c31)-c1ccccc1-c1cc3c(cc1-2)C(C)(C)CCC3(C)C.[Pt]. The summed E-state index contributed by atoms with van der Waals surface area (Å²) in [7, 11) is 0. The van der Waals surface area contributed by atoms with Gasteiger partial charge in [-0.25, -0.2) is 4.98 Å². The molecule has 86 heavy (non-hydrogen) atoms. The fourth-order valence-electron chi connectivity index (χ4n) is 13.4. The molecular formula is C80H74N4OPt-2. The molecule has 0 saturated heterocycles. The van der Waals surface area contributed by atoms with Crippen molar-refractivity contribution in [2.24, 2.45) is 0 Å². The largest absolute Gasteiger partial charge is 0.510 e. The van der Waals surface area contributed by atoms with Crippen LogP contribution in [0.3, 0.4) is 0 Å². The first-order valence-corrected chi connectivity index (χ1v) is 29.3. The van der Waals surface area contributed by atoms with E-state index in [1.807, 2.05) is 106 Å². The number of para-hydroxylation sites is 1. The first-order chi connectivity index (χ1) is 45.4. The van der Waals surface area contributed by atoms with Gasteiger partial charge in [0.15, 0.2) is 0 Å². The predicted molar refractivity (Wildman–Crippen MR) is 352 cm³/mol. The Morgan fingerprint density at radius 3 is 1.76 bits per heavy atom. The van der Waals surface area contributed by atoms with Crippen LogP contribution in [0.5, 0.6) is 11.5 Å². The third-order valence-corrected chi connectivity index (χ3v) is 18.0. The minimum absolute atomic E-state index is 0. The van der Waals surface area contributed by atoms with Gasteiger partial charge in [0.1, 0.15) is 5.82 Å². The standard InChI is InChI=1S/C80H74N4O.Pt/c1-48-22-19-23-49(2)73(48)52-38-65-63-46-67-66(79(11,12)35-36-80(67,13)14)45-62(63)58-28-15-16-29-59(58)64-39-53(74-50(3)24-20-25-51(74)4)41-71-76(64)83(75(65)68(40-52)78(8,9)10)47-82(71)55-26-21-27-56(43-55)85-57-32-33-61-60-30-17-18-31-69(60)84(70(61)44-57)72-42-54(34-37-81-72)77(5,6)7;/h15-34,37-42,45-46H,35-36H2,1-14H3;/q-2;/i1D3,2D3,3D3,4D3;. The zero-order valence-electron chi connectivity index (χ0n) is 62.1. The van der Waals surface area contributed by atoms with Crippen molar-refractivity contribution in [3.05, 3.63) is 233 Å². The topological polar surface area (TPSA) is 35.9 Å². The van der Waals surface area contributed by atoms with Crippen LogP contribution in [-0.2, 0) is 42.7 Å². The van der Waals surface area contributed by atoms with Crippen LogP contribution in [-0.4, -0.2) is 14.1 Å². The van der Waals surface area contributed by atoms with E-state index in [-0.39, 0.29) is 70.7 Å². The number of hydrogen-bond donors (Lipinski definition) is 0. The van der Waals surface area contributed by atoms with Crippen molar-refractivity contribution in [1.29, 1.82) is 0 Å². The molecule has 0 radical (unpaired) electrons. The first kappa shape index (κ1) is 44.4. The molecular weight excluding hydrogens is 1230 g/mol. The van der Waals surface area contributed by atoms with Crippen LogP contribution in [0.4, 0.5) is 0 Å². The summed E-state index contributed by atoms with van der Waals surface area (Å²) in [6, 6.07) is 58.3. The van der Waals surface area contributed by atoms with E-state index in [1.165, 1.54) is 42.0 Å². The zero-order valence-corrected chi connectivity index (χ0v) is 52.4. The van der Waals surface area contributed by atoms with Gasteiger partial charge in [0, 0.05) is 60.7 Å². The van der Waals surface area contributed by atoms with Crippen molar-refractivity contribution in [3.8, 4) is 84.3 Å². The van der Waals surface area contributed by atoms with Gasteiger partial charge in [-0.3, -0.25) is 4.57 Å². The molecule has 4 heterocycles. The molecule has 1 aliphatic carbocycles. The minimum atomic E-state index is -2.75. The Morgan fingerprint density at radius 2 is 1.12 bits per heavy atom. The second kappa shape index (κ2) is 20.5. The molecule has 0 spiro atoms. The van der Waals surface area contributed by atoms with Crippen molar-refractivity contribution in [3.63, 3.8) is 0 Å². The number of aryl methyl sites for hydroxylation is 4. The molecule has 432 valence electrons. The maximum atomic E-state index is 9.00. The molecule has 5 nitrogen and oxygen atoms in total. The quantitative estimate of drug-likeness (QED) is 0.123. The number of imidazole rings is 1. The molecule has 6 heteroatoms. The fraction of sp³-hybridized carbons (Fsp3) is 0.250. The predicted octanol–water partition coefficient (Wildman–Crippen LogP) is 20.4. The molecule has 0 N–H and O–H groups in total. The van der Waals surface area contributed by atoms with Gasteiger partial charge in [-0.15, -0.1) is 29.7 Å². The van der Waals surface area contributed by atoms with E-state index in [1.54, 1.807) is 0 Å². The number of nitrogens with zero attached hydrogens (tertiary/aromatic N) is 4. The van der Waals surface area contributed by atoms with Gasteiger partial charge in [-0.05, 0) is 210 Å². The molecule has 0 unspecified atom stereocenters. The van der Waals surface area contributed by atoms with Crippen LogP contribution in [0, 0.1) is 45.9 Å².